The number of amides is 1. The van der Waals surface area contributed by atoms with Crippen LogP contribution in [0.5, 0.6) is 0 Å². The molecule has 0 atom stereocenters. The van der Waals surface area contributed by atoms with E-state index in [0.29, 0.717) is 17.0 Å². The second-order valence-corrected chi connectivity index (χ2v) is 4.60. The van der Waals surface area contributed by atoms with Gasteiger partial charge in [-0.25, -0.2) is 9.97 Å². The van der Waals surface area contributed by atoms with E-state index in [1.807, 2.05) is 25.1 Å². The fraction of sp³-hybridized carbons (Fsp3) is 0.200. The van der Waals surface area contributed by atoms with Crippen molar-refractivity contribution in [3.63, 3.8) is 0 Å². The first-order chi connectivity index (χ1) is 10.1. The van der Waals surface area contributed by atoms with E-state index in [1.54, 1.807) is 36.5 Å². The minimum absolute atomic E-state index is 0.233. The van der Waals surface area contributed by atoms with E-state index in [9.17, 15) is 4.79 Å². The van der Waals surface area contributed by atoms with E-state index < -0.39 is 0 Å². The minimum atomic E-state index is -0.258. The Hall–Kier alpha value is -2.94. The zero-order valence-corrected chi connectivity index (χ0v) is 11.9. The second-order valence-electron chi connectivity index (χ2n) is 4.60. The third kappa shape index (κ3) is 3.76. The molecule has 0 fully saturated rings. The first-order valence-electron chi connectivity index (χ1n) is 6.38. The Labute approximate surface area is 123 Å². The average molecular weight is 281 g/mol. The third-order valence-corrected chi connectivity index (χ3v) is 2.81. The number of carbonyl (C=O) groups excluding carboxylic acids is 1. The van der Waals surface area contributed by atoms with E-state index in [0.717, 1.165) is 5.82 Å². The van der Waals surface area contributed by atoms with Crippen molar-refractivity contribution in [2.24, 2.45) is 0 Å². The molecule has 1 aromatic heterocycles. The molecule has 0 radical (unpaired) electrons. The van der Waals surface area contributed by atoms with Gasteiger partial charge in [0.15, 0.2) is 0 Å². The van der Waals surface area contributed by atoms with Gasteiger partial charge in [-0.3, -0.25) is 4.79 Å². The van der Waals surface area contributed by atoms with Crippen LogP contribution >= 0.6 is 0 Å². The highest BCUT2D eigenvalue weighted by Crippen LogP contribution is 2.06. The van der Waals surface area contributed by atoms with Crippen LogP contribution in [-0.2, 0) is 6.54 Å². The third-order valence-electron chi connectivity index (χ3n) is 2.81. The van der Waals surface area contributed by atoms with Gasteiger partial charge in [0, 0.05) is 25.9 Å². The zero-order chi connectivity index (χ0) is 15.2. The topological polar surface area (TPSA) is 81.9 Å². The maximum absolute atomic E-state index is 12.0. The molecule has 0 spiro atoms. The summed E-state index contributed by atoms with van der Waals surface area (Å²) in [5.41, 5.74) is 0.895. The molecule has 1 heterocycles. The van der Waals surface area contributed by atoms with Crippen molar-refractivity contribution in [3.8, 4) is 6.07 Å². The van der Waals surface area contributed by atoms with Crippen LogP contribution < -0.4 is 10.2 Å². The molecule has 0 aliphatic carbocycles. The van der Waals surface area contributed by atoms with E-state index >= 15 is 0 Å². The molecule has 2 rings (SSSR count). The molecular formula is C15H15N5O. The van der Waals surface area contributed by atoms with Crippen LogP contribution in [0.4, 0.5) is 5.82 Å². The standard InChI is InChI=1S/C15H15N5O/c1-20(2)14-6-7-17-13(19-14)10-18-15(21)12-5-3-4-11(8-12)9-16/h3-8H,10H2,1-2H3,(H,18,21). The number of hydrogen-bond acceptors (Lipinski definition) is 5. The maximum Gasteiger partial charge on any atom is 0.251 e. The molecule has 21 heavy (non-hydrogen) atoms. The summed E-state index contributed by atoms with van der Waals surface area (Å²) in [6, 6.07) is 10.3. The summed E-state index contributed by atoms with van der Waals surface area (Å²) in [7, 11) is 3.77. The molecule has 0 saturated carbocycles. The quantitative estimate of drug-likeness (QED) is 0.914. The number of benzene rings is 1. The molecule has 0 bridgehead atoms. The largest absolute Gasteiger partial charge is 0.363 e. The predicted octanol–water partition coefficient (Wildman–Crippen LogP) is 1.34. The highest BCUT2D eigenvalue weighted by Gasteiger charge is 2.07. The van der Waals surface area contributed by atoms with Crippen molar-refractivity contribution >= 4 is 11.7 Å². The Balaban J connectivity index is 2.04. The van der Waals surface area contributed by atoms with Gasteiger partial charge in [-0.1, -0.05) is 6.07 Å². The van der Waals surface area contributed by atoms with Gasteiger partial charge in [0.2, 0.25) is 0 Å². The van der Waals surface area contributed by atoms with Crippen LogP contribution in [0.2, 0.25) is 0 Å². The van der Waals surface area contributed by atoms with Crippen LogP contribution in [0.15, 0.2) is 36.5 Å². The van der Waals surface area contributed by atoms with Crippen LogP contribution in [0.1, 0.15) is 21.7 Å². The molecule has 1 N–H and O–H groups in total. The van der Waals surface area contributed by atoms with E-state index in [1.165, 1.54) is 0 Å². The highest BCUT2D eigenvalue weighted by molar-refractivity contribution is 5.94. The molecular weight excluding hydrogens is 266 g/mol. The first kappa shape index (κ1) is 14.5. The van der Waals surface area contributed by atoms with Crippen LogP contribution in [0, 0.1) is 11.3 Å². The Morgan fingerprint density at radius 1 is 1.38 bits per heavy atom. The van der Waals surface area contributed by atoms with Crippen molar-refractivity contribution in [2.45, 2.75) is 6.54 Å². The summed E-state index contributed by atoms with van der Waals surface area (Å²) in [6.45, 7) is 0.233. The van der Waals surface area contributed by atoms with E-state index in [-0.39, 0.29) is 12.5 Å². The van der Waals surface area contributed by atoms with Crippen LogP contribution in [-0.4, -0.2) is 30.0 Å². The zero-order valence-electron chi connectivity index (χ0n) is 11.9. The number of nitrogens with one attached hydrogen (secondary N) is 1. The number of nitriles is 1. The van der Waals surface area contributed by atoms with Gasteiger partial charge in [0.25, 0.3) is 5.91 Å². The predicted molar refractivity (Wildman–Crippen MR) is 78.7 cm³/mol. The van der Waals surface area contributed by atoms with E-state index in [4.69, 9.17) is 5.26 Å². The fourth-order valence-corrected chi connectivity index (χ4v) is 1.71. The number of anilines is 1. The Morgan fingerprint density at radius 3 is 2.90 bits per heavy atom. The van der Waals surface area contributed by atoms with Crippen molar-refractivity contribution in [1.29, 1.82) is 5.26 Å². The van der Waals surface area contributed by atoms with Crippen molar-refractivity contribution in [1.82, 2.24) is 15.3 Å². The van der Waals surface area contributed by atoms with Gasteiger partial charge in [0.05, 0.1) is 18.2 Å². The van der Waals surface area contributed by atoms with Crippen LogP contribution in [0.25, 0.3) is 0 Å². The summed E-state index contributed by atoms with van der Waals surface area (Å²) < 4.78 is 0. The van der Waals surface area contributed by atoms with Gasteiger partial charge in [-0.05, 0) is 24.3 Å². The second kappa shape index (κ2) is 6.48. The van der Waals surface area contributed by atoms with E-state index in [2.05, 4.69) is 15.3 Å². The molecule has 0 saturated heterocycles. The van der Waals surface area contributed by atoms with Gasteiger partial charge in [-0.15, -0.1) is 0 Å². The number of rotatable bonds is 4. The highest BCUT2D eigenvalue weighted by atomic mass is 16.1. The molecule has 0 aliphatic rings. The molecule has 2 aromatic rings. The summed E-state index contributed by atoms with van der Waals surface area (Å²) in [6.07, 6.45) is 1.65. The van der Waals surface area contributed by atoms with Crippen molar-refractivity contribution < 1.29 is 4.79 Å². The maximum atomic E-state index is 12.0. The average Bonchev–Trinajstić information content (AvgIpc) is 2.53. The lowest BCUT2D eigenvalue weighted by Crippen LogP contribution is -2.24. The van der Waals surface area contributed by atoms with Crippen molar-refractivity contribution in [3.05, 3.63) is 53.5 Å². The number of aromatic nitrogens is 2. The number of carbonyl (C=O) groups is 1. The summed E-state index contributed by atoms with van der Waals surface area (Å²) in [4.78, 5) is 22.3. The Kier molecular flexibility index (Phi) is 4.46. The molecule has 6 nitrogen and oxygen atoms in total. The smallest absolute Gasteiger partial charge is 0.251 e. The fourth-order valence-electron chi connectivity index (χ4n) is 1.71. The molecule has 0 aliphatic heterocycles. The van der Waals surface area contributed by atoms with Gasteiger partial charge in [-0.2, -0.15) is 5.26 Å². The van der Waals surface area contributed by atoms with Gasteiger partial charge < -0.3 is 10.2 Å². The summed E-state index contributed by atoms with van der Waals surface area (Å²) >= 11 is 0. The monoisotopic (exact) mass is 281 g/mol. The Morgan fingerprint density at radius 2 is 2.19 bits per heavy atom. The van der Waals surface area contributed by atoms with Gasteiger partial charge >= 0.3 is 0 Å². The lowest BCUT2D eigenvalue weighted by atomic mass is 10.1. The summed E-state index contributed by atoms with van der Waals surface area (Å²) in [5.74, 6) is 1.05. The summed E-state index contributed by atoms with van der Waals surface area (Å²) in [5, 5.41) is 11.6. The number of hydrogen-bond donors (Lipinski definition) is 1. The lowest BCUT2D eigenvalue weighted by Gasteiger charge is -2.11. The SMILES string of the molecule is CN(C)c1ccnc(CNC(=O)c2cccc(C#N)c2)n1. The molecule has 1 aromatic carbocycles. The molecule has 1 amide bonds. The normalized spacial score (nSPS) is 9.76. The lowest BCUT2D eigenvalue weighted by molar-refractivity contribution is 0.0950. The van der Waals surface area contributed by atoms with Gasteiger partial charge in [0.1, 0.15) is 11.6 Å². The molecule has 106 valence electrons. The number of nitrogens with zero attached hydrogens (tertiary/aromatic N) is 4. The first-order valence-corrected chi connectivity index (χ1v) is 6.38. The Bertz CT molecular complexity index is 690. The van der Waals surface area contributed by atoms with Crippen LogP contribution in [0.3, 0.4) is 0 Å². The molecule has 0 unspecified atom stereocenters. The minimum Gasteiger partial charge on any atom is -0.363 e. The molecule has 6 heteroatoms. The van der Waals surface area contributed by atoms with Crippen molar-refractivity contribution in [2.75, 3.05) is 19.0 Å².